The Labute approximate surface area is 238 Å². The number of hydrogen-bond acceptors (Lipinski definition) is 7. The summed E-state index contributed by atoms with van der Waals surface area (Å²) in [6.07, 6.45) is 5.29. The number of aliphatic hydroxyl groups is 3. The standard InChI is InChI=1S/C28H41IN2O7/c1-17(2)28(36)31(15-18-7-5-4-6-8-18)22-13-20(27(35)30-9-10-32)14-23(25(22)34)38-26-21(29)11-19(16-33)12-24(26)37-3/h11-12,14,17-18,22-23,25,32-34H,4-10,13,15-16H2,1-3H3,(H,30,35)/t22-,23+,25+/m1/s1. The fraction of sp³-hybridized carbons (Fsp3) is 0.643. The largest absolute Gasteiger partial charge is 0.493 e. The summed E-state index contributed by atoms with van der Waals surface area (Å²) < 4.78 is 12.5. The van der Waals surface area contributed by atoms with E-state index in [9.17, 15) is 24.9 Å². The van der Waals surface area contributed by atoms with Crippen LogP contribution in [0.15, 0.2) is 23.8 Å². The molecule has 2 aliphatic rings. The molecule has 10 heteroatoms. The fourth-order valence-electron chi connectivity index (χ4n) is 5.26. The van der Waals surface area contributed by atoms with Gasteiger partial charge in [0.15, 0.2) is 11.5 Å². The van der Waals surface area contributed by atoms with E-state index < -0.39 is 18.2 Å². The second kappa shape index (κ2) is 14.5. The highest BCUT2D eigenvalue weighted by molar-refractivity contribution is 14.1. The number of rotatable bonds is 11. The summed E-state index contributed by atoms with van der Waals surface area (Å²) >= 11 is 2.08. The average molecular weight is 645 g/mol. The van der Waals surface area contributed by atoms with Crippen LogP contribution in [0.4, 0.5) is 0 Å². The van der Waals surface area contributed by atoms with Gasteiger partial charge < -0.3 is 35.0 Å². The number of nitrogens with zero attached hydrogens (tertiary/aromatic N) is 1. The molecule has 3 rings (SSSR count). The van der Waals surface area contributed by atoms with Gasteiger partial charge in [-0.25, -0.2) is 0 Å². The monoisotopic (exact) mass is 644 g/mol. The molecule has 212 valence electrons. The number of halogens is 1. The zero-order valence-electron chi connectivity index (χ0n) is 22.5. The minimum Gasteiger partial charge on any atom is -0.493 e. The van der Waals surface area contributed by atoms with Gasteiger partial charge in [-0.1, -0.05) is 33.1 Å². The maximum atomic E-state index is 13.5. The van der Waals surface area contributed by atoms with Gasteiger partial charge in [-0.3, -0.25) is 9.59 Å². The van der Waals surface area contributed by atoms with E-state index in [1.165, 1.54) is 13.5 Å². The van der Waals surface area contributed by atoms with Crippen molar-refractivity contribution in [2.24, 2.45) is 11.8 Å². The second-order valence-electron chi connectivity index (χ2n) is 10.4. The van der Waals surface area contributed by atoms with Crippen molar-refractivity contribution >= 4 is 34.4 Å². The van der Waals surface area contributed by atoms with Gasteiger partial charge in [-0.2, -0.15) is 0 Å². The molecule has 0 radical (unpaired) electrons. The minimum atomic E-state index is -1.09. The average Bonchev–Trinajstić information content (AvgIpc) is 2.92. The Morgan fingerprint density at radius 3 is 2.50 bits per heavy atom. The van der Waals surface area contributed by atoms with E-state index in [0.717, 1.165) is 25.7 Å². The Balaban J connectivity index is 1.99. The number of benzene rings is 1. The van der Waals surface area contributed by atoms with Crippen molar-refractivity contribution in [2.75, 3.05) is 26.8 Å². The van der Waals surface area contributed by atoms with Gasteiger partial charge in [0, 0.05) is 31.0 Å². The highest BCUT2D eigenvalue weighted by atomic mass is 127. The van der Waals surface area contributed by atoms with Gasteiger partial charge >= 0.3 is 0 Å². The van der Waals surface area contributed by atoms with Crippen LogP contribution in [0.5, 0.6) is 11.5 Å². The minimum absolute atomic E-state index is 0.0603. The van der Waals surface area contributed by atoms with Crippen molar-refractivity contribution in [3.05, 3.63) is 32.9 Å². The van der Waals surface area contributed by atoms with Gasteiger partial charge in [0.1, 0.15) is 12.2 Å². The van der Waals surface area contributed by atoms with Gasteiger partial charge in [-0.05, 0) is 65.1 Å². The molecule has 0 heterocycles. The van der Waals surface area contributed by atoms with E-state index in [1.54, 1.807) is 23.1 Å². The molecule has 0 bridgehead atoms. The molecule has 1 fully saturated rings. The molecule has 3 atom stereocenters. The van der Waals surface area contributed by atoms with Crippen LogP contribution in [0.2, 0.25) is 0 Å². The topological polar surface area (TPSA) is 129 Å². The fourth-order valence-corrected chi connectivity index (χ4v) is 6.06. The lowest BCUT2D eigenvalue weighted by Crippen LogP contribution is -2.57. The summed E-state index contributed by atoms with van der Waals surface area (Å²) in [5.41, 5.74) is 1.05. The summed E-state index contributed by atoms with van der Waals surface area (Å²) in [6.45, 7) is 3.96. The van der Waals surface area contributed by atoms with Crippen LogP contribution in [-0.2, 0) is 16.2 Å². The van der Waals surface area contributed by atoms with Gasteiger partial charge in [-0.15, -0.1) is 0 Å². The Kier molecular flexibility index (Phi) is 11.7. The predicted molar refractivity (Wildman–Crippen MR) is 152 cm³/mol. The molecule has 9 nitrogen and oxygen atoms in total. The normalized spacial score (nSPS) is 22.1. The molecule has 4 N–H and O–H groups in total. The third kappa shape index (κ3) is 7.61. The third-order valence-electron chi connectivity index (χ3n) is 7.30. The molecule has 2 amide bonds. The van der Waals surface area contributed by atoms with Crippen LogP contribution in [-0.4, -0.2) is 77.1 Å². The van der Waals surface area contributed by atoms with E-state index >= 15 is 0 Å². The predicted octanol–water partition coefficient (Wildman–Crippen LogP) is 2.77. The lowest BCUT2D eigenvalue weighted by Gasteiger charge is -2.43. The van der Waals surface area contributed by atoms with E-state index in [-0.39, 0.29) is 43.9 Å². The summed E-state index contributed by atoms with van der Waals surface area (Å²) in [4.78, 5) is 28.3. The molecular formula is C28H41IN2O7. The third-order valence-corrected chi connectivity index (χ3v) is 8.10. The van der Waals surface area contributed by atoms with Gasteiger partial charge in [0.05, 0.1) is 29.9 Å². The number of aliphatic hydroxyl groups excluding tert-OH is 3. The number of carbonyl (C=O) groups is 2. The van der Waals surface area contributed by atoms with E-state index in [1.807, 2.05) is 13.8 Å². The van der Waals surface area contributed by atoms with Gasteiger partial charge in [0.2, 0.25) is 11.8 Å². The quantitative estimate of drug-likeness (QED) is 0.273. The second-order valence-corrected chi connectivity index (χ2v) is 11.6. The van der Waals surface area contributed by atoms with Crippen molar-refractivity contribution < 1.29 is 34.4 Å². The van der Waals surface area contributed by atoms with Crippen LogP contribution in [0, 0.1) is 15.4 Å². The SMILES string of the molecule is COc1cc(CO)cc(I)c1O[C@H]1C=C(C(=O)NCCO)C[C@@H](N(CC2CCCCC2)C(=O)C(C)C)[C@@H]1O. The number of hydrogen-bond donors (Lipinski definition) is 4. The molecule has 0 aliphatic heterocycles. The summed E-state index contributed by atoms with van der Waals surface area (Å²) in [5, 5.41) is 33.1. The molecule has 1 aromatic carbocycles. The Morgan fingerprint density at radius 1 is 1.18 bits per heavy atom. The van der Waals surface area contributed by atoms with E-state index in [2.05, 4.69) is 27.9 Å². The first kappa shape index (κ1) is 30.6. The van der Waals surface area contributed by atoms with Crippen LogP contribution < -0.4 is 14.8 Å². The molecule has 2 aliphatic carbocycles. The maximum Gasteiger partial charge on any atom is 0.247 e. The zero-order chi connectivity index (χ0) is 27.8. The summed E-state index contributed by atoms with van der Waals surface area (Å²) in [6, 6.07) is 2.78. The molecule has 0 unspecified atom stereocenters. The van der Waals surface area contributed by atoms with Crippen molar-refractivity contribution in [1.29, 1.82) is 0 Å². The molecular weight excluding hydrogens is 603 g/mol. The van der Waals surface area contributed by atoms with Crippen LogP contribution in [0.1, 0.15) is 57.9 Å². The number of carbonyl (C=O) groups excluding carboxylic acids is 2. The highest BCUT2D eigenvalue weighted by Gasteiger charge is 2.42. The number of nitrogens with one attached hydrogen (secondary N) is 1. The Morgan fingerprint density at radius 2 is 1.89 bits per heavy atom. The van der Waals surface area contributed by atoms with E-state index in [0.29, 0.717) is 38.7 Å². The molecule has 0 saturated heterocycles. The van der Waals surface area contributed by atoms with Crippen molar-refractivity contribution in [1.82, 2.24) is 10.2 Å². The number of methoxy groups -OCH3 is 1. The van der Waals surface area contributed by atoms with Crippen LogP contribution in [0.3, 0.4) is 0 Å². The molecule has 38 heavy (non-hydrogen) atoms. The van der Waals surface area contributed by atoms with Crippen molar-refractivity contribution in [3.63, 3.8) is 0 Å². The first-order valence-corrected chi connectivity index (χ1v) is 14.5. The highest BCUT2D eigenvalue weighted by Crippen LogP contribution is 2.37. The van der Waals surface area contributed by atoms with Crippen LogP contribution in [0.25, 0.3) is 0 Å². The lowest BCUT2D eigenvalue weighted by atomic mass is 9.85. The molecule has 0 spiro atoms. The molecule has 0 aromatic heterocycles. The smallest absolute Gasteiger partial charge is 0.247 e. The van der Waals surface area contributed by atoms with Gasteiger partial charge in [0.25, 0.3) is 0 Å². The maximum absolute atomic E-state index is 13.5. The summed E-state index contributed by atoms with van der Waals surface area (Å²) in [7, 11) is 1.50. The first-order chi connectivity index (χ1) is 18.2. The molecule has 1 aromatic rings. The number of amides is 2. The Bertz CT molecular complexity index is 994. The van der Waals surface area contributed by atoms with Crippen molar-refractivity contribution in [2.45, 2.75) is 77.2 Å². The zero-order valence-corrected chi connectivity index (χ0v) is 24.6. The first-order valence-electron chi connectivity index (χ1n) is 13.4. The molecule has 1 saturated carbocycles. The van der Waals surface area contributed by atoms with Crippen LogP contribution >= 0.6 is 22.6 Å². The lowest BCUT2D eigenvalue weighted by molar-refractivity contribution is -0.143. The van der Waals surface area contributed by atoms with Crippen molar-refractivity contribution in [3.8, 4) is 11.5 Å². The Hall–Kier alpha value is -1.89. The number of ether oxygens (including phenoxy) is 2. The van der Waals surface area contributed by atoms with E-state index in [4.69, 9.17) is 9.47 Å². The summed E-state index contributed by atoms with van der Waals surface area (Å²) in [5.74, 6) is 0.436.